The van der Waals surface area contributed by atoms with E-state index in [1.54, 1.807) is 12.1 Å². The fourth-order valence-corrected chi connectivity index (χ4v) is 3.66. The standard InChI is InChI=1S/C21H20BrClF2N4O3/c22-16-11-13(20(30)28-14-4-6-15(7-5-14)32-21(23,24)25)12-27-19(16)17(8-9-26)29-18-3-1-2-10-31-18/h4-9,11-12,18,26,29H,1-3,10H2,(H,28,30)/b17-8-,26-9?. The molecule has 0 bridgehead atoms. The van der Waals surface area contributed by atoms with Crippen LogP contribution in [0.25, 0.3) is 5.70 Å². The topological polar surface area (TPSA) is 96.3 Å². The zero-order valence-electron chi connectivity index (χ0n) is 16.7. The van der Waals surface area contributed by atoms with E-state index in [0.29, 0.717) is 28.2 Å². The molecule has 1 aromatic carbocycles. The lowest BCUT2D eigenvalue weighted by atomic mass is 10.1. The Labute approximate surface area is 196 Å². The lowest BCUT2D eigenvalue weighted by Crippen LogP contribution is -2.34. The van der Waals surface area contributed by atoms with E-state index < -0.39 is 11.5 Å². The minimum absolute atomic E-state index is 0.142. The molecule has 1 aliphatic rings. The number of rotatable bonds is 8. The summed E-state index contributed by atoms with van der Waals surface area (Å²) in [5.74, 6) is -0.584. The molecule has 1 unspecified atom stereocenters. The summed E-state index contributed by atoms with van der Waals surface area (Å²) in [4.78, 5) is 16.9. The highest BCUT2D eigenvalue weighted by atomic mass is 79.9. The molecular weight excluding hydrogens is 510 g/mol. The fraction of sp³-hybridized carbons (Fsp3) is 0.286. The molecule has 170 valence electrons. The molecule has 3 N–H and O–H groups in total. The van der Waals surface area contributed by atoms with E-state index >= 15 is 0 Å². The predicted molar refractivity (Wildman–Crippen MR) is 121 cm³/mol. The molecule has 1 aromatic heterocycles. The van der Waals surface area contributed by atoms with Gasteiger partial charge in [-0.15, -0.1) is 8.78 Å². The zero-order chi connectivity index (χ0) is 23.1. The molecule has 32 heavy (non-hydrogen) atoms. The minimum atomic E-state index is -3.81. The Balaban J connectivity index is 1.69. The molecule has 7 nitrogen and oxygen atoms in total. The highest BCUT2D eigenvalue weighted by molar-refractivity contribution is 9.10. The lowest BCUT2D eigenvalue weighted by Gasteiger charge is -2.25. The van der Waals surface area contributed by atoms with Gasteiger partial charge in [-0.3, -0.25) is 9.78 Å². The summed E-state index contributed by atoms with van der Waals surface area (Å²) < 4.78 is 35.8. The number of allylic oxidation sites excluding steroid dienone is 1. The normalized spacial score (nSPS) is 16.9. The van der Waals surface area contributed by atoms with Crippen molar-refractivity contribution < 1.29 is 23.0 Å². The summed E-state index contributed by atoms with van der Waals surface area (Å²) in [6.45, 7) is 0.671. The number of amides is 1. The van der Waals surface area contributed by atoms with Crippen molar-refractivity contribution in [1.82, 2.24) is 10.3 Å². The summed E-state index contributed by atoms with van der Waals surface area (Å²) >= 11 is 8.17. The molecule has 0 saturated carbocycles. The molecule has 3 rings (SSSR count). The minimum Gasteiger partial charge on any atom is -0.420 e. The highest BCUT2D eigenvalue weighted by Gasteiger charge is 2.27. The molecule has 11 heteroatoms. The van der Waals surface area contributed by atoms with Crippen molar-refractivity contribution in [1.29, 1.82) is 5.41 Å². The molecule has 1 amide bonds. The van der Waals surface area contributed by atoms with Gasteiger partial charge in [-0.25, -0.2) is 0 Å². The van der Waals surface area contributed by atoms with Crippen LogP contribution < -0.4 is 15.4 Å². The number of hydrogen-bond acceptors (Lipinski definition) is 6. The first-order valence-corrected chi connectivity index (χ1v) is 10.8. The van der Waals surface area contributed by atoms with Crippen molar-refractivity contribution in [2.75, 3.05) is 11.9 Å². The second kappa shape index (κ2) is 10.8. The number of nitrogens with one attached hydrogen (secondary N) is 3. The monoisotopic (exact) mass is 528 g/mol. The number of nitrogens with zero attached hydrogens (tertiary/aromatic N) is 1. The van der Waals surface area contributed by atoms with Gasteiger partial charge in [0, 0.05) is 40.8 Å². The number of alkyl halides is 3. The van der Waals surface area contributed by atoms with Crippen LogP contribution in [-0.2, 0) is 4.74 Å². The average Bonchev–Trinajstić information content (AvgIpc) is 2.74. The van der Waals surface area contributed by atoms with E-state index in [0.717, 1.165) is 25.5 Å². The molecule has 1 aliphatic heterocycles. The molecule has 1 atom stereocenters. The summed E-state index contributed by atoms with van der Waals surface area (Å²) in [6, 6.07) is 6.94. The molecular formula is C21H20BrClF2N4O3. The van der Waals surface area contributed by atoms with Crippen LogP contribution in [0.2, 0.25) is 0 Å². The number of hydrogen-bond donors (Lipinski definition) is 3. The van der Waals surface area contributed by atoms with Crippen molar-refractivity contribution in [3.05, 3.63) is 58.3 Å². The van der Waals surface area contributed by atoms with Crippen molar-refractivity contribution >= 4 is 51.0 Å². The summed E-state index contributed by atoms with van der Waals surface area (Å²) in [5.41, 5.74) is -2.04. The van der Waals surface area contributed by atoms with Gasteiger partial charge in [-0.1, -0.05) is 0 Å². The van der Waals surface area contributed by atoms with Crippen molar-refractivity contribution in [2.45, 2.75) is 31.1 Å². The van der Waals surface area contributed by atoms with Gasteiger partial charge < -0.3 is 25.5 Å². The van der Waals surface area contributed by atoms with Crippen LogP contribution in [0.15, 0.2) is 47.1 Å². The van der Waals surface area contributed by atoms with Gasteiger partial charge in [0.2, 0.25) is 0 Å². The Bertz CT molecular complexity index is 994. The Morgan fingerprint density at radius 2 is 2.09 bits per heavy atom. The lowest BCUT2D eigenvalue weighted by molar-refractivity contribution is -0.0964. The number of carbonyl (C=O) groups is 1. The molecule has 2 aromatic rings. The number of anilines is 1. The summed E-state index contributed by atoms with van der Waals surface area (Å²) in [5, 5.41) is 13.3. The van der Waals surface area contributed by atoms with Crippen molar-refractivity contribution in [3.63, 3.8) is 0 Å². The third-order valence-corrected chi connectivity index (χ3v) is 5.13. The van der Waals surface area contributed by atoms with Gasteiger partial charge in [0.05, 0.1) is 11.3 Å². The maximum absolute atomic E-state index is 12.7. The van der Waals surface area contributed by atoms with Gasteiger partial charge in [0.15, 0.2) is 0 Å². The van der Waals surface area contributed by atoms with E-state index in [1.165, 1.54) is 30.5 Å². The van der Waals surface area contributed by atoms with Crippen LogP contribution in [0.5, 0.6) is 5.75 Å². The van der Waals surface area contributed by atoms with E-state index in [4.69, 9.17) is 21.7 Å². The fourth-order valence-electron chi connectivity index (χ4n) is 3.01. The van der Waals surface area contributed by atoms with Crippen LogP contribution in [-0.4, -0.2) is 35.5 Å². The number of carbonyl (C=O) groups excluding carboxylic acids is 1. The maximum Gasteiger partial charge on any atom is 0.487 e. The third-order valence-electron chi connectivity index (χ3n) is 4.45. The van der Waals surface area contributed by atoms with Crippen molar-refractivity contribution in [2.24, 2.45) is 0 Å². The predicted octanol–water partition coefficient (Wildman–Crippen LogP) is 5.37. The highest BCUT2D eigenvalue weighted by Crippen LogP contribution is 2.27. The van der Waals surface area contributed by atoms with Crippen LogP contribution >= 0.6 is 27.5 Å². The third kappa shape index (κ3) is 6.98. The first-order chi connectivity index (χ1) is 15.2. The Morgan fingerprint density at radius 1 is 1.34 bits per heavy atom. The first kappa shape index (κ1) is 24.1. The van der Waals surface area contributed by atoms with Crippen LogP contribution in [0.1, 0.15) is 35.3 Å². The molecule has 0 aliphatic carbocycles. The van der Waals surface area contributed by atoms with Crippen LogP contribution in [0.4, 0.5) is 14.5 Å². The van der Waals surface area contributed by atoms with E-state index in [2.05, 4.69) is 36.3 Å². The maximum atomic E-state index is 12.7. The largest absolute Gasteiger partial charge is 0.487 e. The van der Waals surface area contributed by atoms with Gasteiger partial charge in [-0.05, 0) is 71.6 Å². The van der Waals surface area contributed by atoms with E-state index in [1.807, 2.05) is 0 Å². The van der Waals surface area contributed by atoms with E-state index in [-0.39, 0.29) is 17.5 Å². The summed E-state index contributed by atoms with van der Waals surface area (Å²) in [6.07, 6.45) is 6.86. The van der Waals surface area contributed by atoms with Gasteiger partial charge >= 0.3 is 5.57 Å². The Morgan fingerprint density at radius 3 is 2.69 bits per heavy atom. The molecule has 1 fully saturated rings. The molecule has 1 saturated heterocycles. The van der Waals surface area contributed by atoms with Crippen LogP contribution in [0, 0.1) is 5.41 Å². The quantitative estimate of drug-likeness (QED) is 0.316. The van der Waals surface area contributed by atoms with Gasteiger partial charge in [0.1, 0.15) is 17.7 Å². The first-order valence-electron chi connectivity index (χ1n) is 9.67. The van der Waals surface area contributed by atoms with Crippen LogP contribution in [0.3, 0.4) is 0 Å². The van der Waals surface area contributed by atoms with E-state index in [9.17, 15) is 13.6 Å². The molecule has 0 radical (unpaired) electrons. The Hall–Kier alpha value is -2.56. The molecule has 2 heterocycles. The number of halogens is 4. The average molecular weight is 530 g/mol. The second-order valence-corrected chi connectivity index (χ2v) is 8.12. The van der Waals surface area contributed by atoms with Gasteiger partial charge in [0.25, 0.3) is 5.91 Å². The number of aromatic nitrogens is 1. The summed E-state index contributed by atoms with van der Waals surface area (Å²) in [7, 11) is 0. The smallest absolute Gasteiger partial charge is 0.420 e. The zero-order valence-corrected chi connectivity index (χ0v) is 19.1. The number of pyridine rings is 1. The molecule has 0 spiro atoms. The second-order valence-electron chi connectivity index (χ2n) is 6.83. The SMILES string of the molecule is N=C/C=C(\NC1CCCCO1)c1ncc(C(=O)Nc2ccc(OC(F)(F)Cl)cc2)cc1Br. The Kier molecular flexibility index (Phi) is 8.16. The van der Waals surface area contributed by atoms with Gasteiger partial charge in [-0.2, -0.15) is 0 Å². The number of benzene rings is 1. The van der Waals surface area contributed by atoms with Crippen molar-refractivity contribution in [3.8, 4) is 5.75 Å². The number of ether oxygens (including phenoxy) is 2.